The molecule has 0 aromatic rings. The van der Waals surface area contributed by atoms with Crippen molar-refractivity contribution in [2.45, 2.75) is 45.6 Å². The van der Waals surface area contributed by atoms with Crippen LogP contribution in [0.3, 0.4) is 0 Å². The number of β-amino-alcohol motifs (C(OH)–C–C–N with tert-alkyl or cyclic N) is 1. The molecule has 4 heteroatoms. The van der Waals surface area contributed by atoms with Gasteiger partial charge in [-0.2, -0.15) is 0 Å². The van der Waals surface area contributed by atoms with Crippen LogP contribution >= 0.6 is 0 Å². The highest BCUT2D eigenvalue weighted by Crippen LogP contribution is 2.38. The Bertz CT molecular complexity index is 295. The molecule has 2 unspecified atom stereocenters. The average Bonchev–Trinajstić information content (AvgIpc) is 2.61. The summed E-state index contributed by atoms with van der Waals surface area (Å²) in [5, 5.41) is 9.06. The van der Waals surface area contributed by atoms with Crippen molar-refractivity contribution in [2.24, 2.45) is 17.1 Å². The van der Waals surface area contributed by atoms with Gasteiger partial charge in [0.15, 0.2) is 0 Å². The highest BCUT2D eigenvalue weighted by Gasteiger charge is 2.37. The Morgan fingerprint density at radius 1 is 1.10 bits per heavy atom. The molecule has 2 rings (SSSR count). The zero-order valence-electron chi connectivity index (χ0n) is 13.4. The number of hydrogen-bond donors (Lipinski definition) is 2. The van der Waals surface area contributed by atoms with Gasteiger partial charge >= 0.3 is 0 Å². The van der Waals surface area contributed by atoms with Crippen molar-refractivity contribution < 1.29 is 5.11 Å². The fourth-order valence-corrected chi connectivity index (χ4v) is 3.91. The molecule has 1 aliphatic heterocycles. The quantitative estimate of drug-likeness (QED) is 0.812. The van der Waals surface area contributed by atoms with Gasteiger partial charge in [-0.3, -0.25) is 4.90 Å². The van der Waals surface area contributed by atoms with E-state index >= 15 is 0 Å². The maximum atomic E-state index is 9.06. The molecule has 0 aromatic heterocycles. The zero-order chi connectivity index (χ0) is 14.6. The summed E-state index contributed by atoms with van der Waals surface area (Å²) in [5.41, 5.74) is 6.82. The van der Waals surface area contributed by atoms with E-state index in [0.717, 1.165) is 32.7 Å². The van der Waals surface area contributed by atoms with Crippen LogP contribution in [0.1, 0.15) is 39.5 Å². The maximum Gasteiger partial charge on any atom is 0.0558 e. The van der Waals surface area contributed by atoms with Crippen LogP contribution in [-0.4, -0.2) is 66.8 Å². The minimum Gasteiger partial charge on any atom is -0.395 e. The second kappa shape index (κ2) is 7.21. The van der Waals surface area contributed by atoms with E-state index in [-0.39, 0.29) is 6.61 Å². The molecule has 0 radical (unpaired) electrons. The highest BCUT2D eigenvalue weighted by molar-refractivity contribution is 4.92. The monoisotopic (exact) mass is 283 g/mol. The van der Waals surface area contributed by atoms with E-state index in [0.29, 0.717) is 17.4 Å². The number of nitrogens with two attached hydrogens (primary N) is 1. The smallest absolute Gasteiger partial charge is 0.0558 e. The van der Waals surface area contributed by atoms with Crippen molar-refractivity contribution in [1.29, 1.82) is 0 Å². The number of aliphatic hydroxyl groups excluding tert-OH is 1. The minimum absolute atomic E-state index is 0.279. The van der Waals surface area contributed by atoms with Gasteiger partial charge in [0.2, 0.25) is 0 Å². The Hall–Kier alpha value is -0.160. The average molecular weight is 283 g/mol. The first kappa shape index (κ1) is 16.2. The molecular weight excluding hydrogens is 250 g/mol. The van der Waals surface area contributed by atoms with E-state index in [1.165, 1.54) is 32.2 Å². The lowest BCUT2D eigenvalue weighted by Gasteiger charge is -2.43. The van der Waals surface area contributed by atoms with Gasteiger partial charge in [-0.1, -0.05) is 20.3 Å². The number of hydrogen-bond acceptors (Lipinski definition) is 4. The van der Waals surface area contributed by atoms with Gasteiger partial charge in [-0.05, 0) is 43.7 Å². The summed E-state index contributed by atoms with van der Waals surface area (Å²) >= 11 is 0. The summed E-state index contributed by atoms with van der Waals surface area (Å²) in [5.74, 6) is 0.656. The third-order valence-electron chi connectivity index (χ3n) is 5.40. The molecule has 1 heterocycles. The van der Waals surface area contributed by atoms with Gasteiger partial charge in [0.1, 0.15) is 0 Å². The molecule has 118 valence electrons. The van der Waals surface area contributed by atoms with Gasteiger partial charge in [0, 0.05) is 32.2 Å². The predicted molar refractivity (Wildman–Crippen MR) is 83.7 cm³/mol. The topological polar surface area (TPSA) is 52.7 Å². The molecule has 2 fully saturated rings. The van der Waals surface area contributed by atoms with Crippen LogP contribution in [0, 0.1) is 11.3 Å². The van der Waals surface area contributed by atoms with Crippen molar-refractivity contribution in [3.05, 3.63) is 0 Å². The van der Waals surface area contributed by atoms with Crippen molar-refractivity contribution in [1.82, 2.24) is 9.80 Å². The van der Waals surface area contributed by atoms with Crippen LogP contribution in [0.4, 0.5) is 0 Å². The molecule has 1 saturated carbocycles. The van der Waals surface area contributed by atoms with Crippen molar-refractivity contribution in [3.63, 3.8) is 0 Å². The lowest BCUT2D eigenvalue weighted by molar-refractivity contribution is 0.103. The van der Waals surface area contributed by atoms with Crippen LogP contribution in [0.5, 0.6) is 0 Å². The lowest BCUT2D eigenvalue weighted by atomic mass is 9.68. The third-order valence-corrected chi connectivity index (χ3v) is 5.40. The summed E-state index contributed by atoms with van der Waals surface area (Å²) in [6.45, 7) is 11.5. The molecule has 0 amide bonds. The maximum absolute atomic E-state index is 9.06. The molecule has 4 nitrogen and oxygen atoms in total. The molecule has 20 heavy (non-hydrogen) atoms. The van der Waals surface area contributed by atoms with Gasteiger partial charge in [-0.25, -0.2) is 0 Å². The largest absolute Gasteiger partial charge is 0.395 e. The molecule has 2 aliphatic rings. The summed E-state index contributed by atoms with van der Waals surface area (Å²) in [6, 6.07) is 0.341. The molecule has 1 saturated heterocycles. The van der Waals surface area contributed by atoms with E-state index in [1.54, 1.807) is 0 Å². The van der Waals surface area contributed by atoms with Crippen molar-refractivity contribution in [2.75, 3.05) is 45.9 Å². The van der Waals surface area contributed by atoms with E-state index in [1.807, 2.05) is 0 Å². The Kier molecular flexibility index (Phi) is 5.84. The van der Waals surface area contributed by atoms with Gasteiger partial charge in [0.05, 0.1) is 6.61 Å². The Morgan fingerprint density at radius 3 is 2.55 bits per heavy atom. The van der Waals surface area contributed by atoms with Crippen LogP contribution in [0.2, 0.25) is 0 Å². The van der Waals surface area contributed by atoms with E-state index in [9.17, 15) is 0 Å². The SMILES string of the molecule is CC1(C)CCCC(CN2CCCN(CCO)CC2)C1N. The van der Waals surface area contributed by atoms with Crippen LogP contribution < -0.4 is 5.73 Å². The second-order valence-electron chi connectivity index (χ2n) is 7.39. The number of nitrogens with zero attached hydrogens (tertiary/aromatic N) is 2. The van der Waals surface area contributed by atoms with Gasteiger partial charge in [0.25, 0.3) is 0 Å². The summed E-state index contributed by atoms with van der Waals surface area (Å²) < 4.78 is 0. The fraction of sp³-hybridized carbons (Fsp3) is 1.00. The van der Waals surface area contributed by atoms with E-state index in [2.05, 4.69) is 23.6 Å². The Morgan fingerprint density at radius 2 is 1.80 bits per heavy atom. The molecule has 0 spiro atoms. The highest BCUT2D eigenvalue weighted by atomic mass is 16.3. The first-order chi connectivity index (χ1) is 9.53. The number of aliphatic hydroxyl groups is 1. The fourth-order valence-electron chi connectivity index (χ4n) is 3.91. The van der Waals surface area contributed by atoms with Crippen LogP contribution in [0.15, 0.2) is 0 Å². The van der Waals surface area contributed by atoms with Crippen molar-refractivity contribution in [3.8, 4) is 0 Å². The molecule has 2 atom stereocenters. The Balaban J connectivity index is 1.83. The molecule has 3 N–H and O–H groups in total. The first-order valence-electron chi connectivity index (χ1n) is 8.34. The van der Waals surface area contributed by atoms with E-state index in [4.69, 9.17) is 10.8 Å². The molecule has 0 bridgehead atoms. The molecular formula is C16H33N3O. The van der Waals surface area contributed by atoms with Gasteiger partial charge < -0.3 is 15.7 Å². The van der Waals surface area contributed by atoms with Gasteiger partial charge in [-0.15, -0.1) is 0 Å². The summed E-state index contributed by atoms with van der Waals surface area (Å²) in [6.07, 6.45) is 5.11. The molecule has 1 aliphatic carbocycles. The van der Waals surface area contributed by atoms with Crippen molar-refractivity contribution >= 4 is 0 Å². The van der Waals surface area contributed by atoms with Crippen LogP contribution in [-0.2, 0) is 0 Å². The lowest BCUT2D eigenvalue weighted by Crippen LogP contribution is -2.50. The van der Waals surface area contributed by atoms with Crippen LogP contribution in [0.25, 0.3) is 0 Å². The zero-order valence-corrected chi connectivity index (χ0v) is 13.4. The van der Waals surface area contributed by atoms with E-state index < -0.39 is 0 Å². The second-order valence-corrected chi connectivity index (χ2v) is 7.39. The Labute approximate surface area is 124 Å². The normalized spacial score (nSPS) is 33.0. The minimum atomic E-state index is 0.279. The molecule has 0 aromatic carbocycles. The number of rotatable bonds is 4. The first-order valence-corrected chi connectivity index (χ1v) is 8.34. The summed E-state index contributed by atoms with van der Waals surface area (Å²) in [7, 11) is 0. The third kappa shape index (κ3) is 4.17. The standard InChI is InChI=1S/C16H33N3O/c1-16(2)6-3-5-14(15(16)17)13-19-8-4-7-18(9-10-19)11-12-20/h14-15,20H,3-13,17H2,1-2H3. The summed E-state index contributed by atoms with van der Waals surface area (Å²) in [4.78, 5) is 4.98. The predicted octanol–water partition coefficient (Wildman–Crippen LogP) is 1.14.